The first-order valence-corrected chi connectivity index (χ1v) is 9.35. The van der Waals surface area contributed by atoms with Crippen molar-refractivity contribution in [3.8, 4) is 0 Å². The van der Waals surface area contributed by atoms with Crippen LogP contribution in [0.25, 0.3) is 0 Å². The quantitative estimate of drug-likeness (QED) is 0.591. The maximum Gasteiger partial charge on any atom is 0.351 e. The molecule has 0 spiro atoms. The second-order valence-electron chi connectivity index (χ2n) is 6.95. The summed E-state index contributed by atoms with van der Waals surface area (Å²) in [4.78, 5) is 42.0. The fraction of sp³-hybridized carbons (Fsp3) is 0.182. The lowest BCUT2D eigenvalue weighted by Gasteiger charge is -2.21. The van der Waals surface area contributed by atoms with Crippen LogP contribution in [0.3, 0.4) is 0 Å². The Hall–Kier alpha value is -3.88. The van der Waals surface area contributed by atoms with Gasteiger partial charge in [-0.25, -0.2) is 13.6 Å². The topological polar surface area (TPSA) is 93.1 Å². The number of nitrogens with zero attached hydrogens (tertiary/aromatic N) is 2. The molecule has 2 aromatic carbocycles. The van der Waals surface area contributed by atoms with Gasteiger partial charge in [-0.15, -0.1) is 0 Å². The lowest BCUT2D eigenvalue weighted by Crippen LogP contribution is -2.43. The molecule has 0 saturated carbocycles. The first kappa shape index (κ1) is 21.8. The van der Waals surface area contributed by atoms with E-state index in [1.54, 1.807) is 25.1 Å². The molecule has 1 unspecified atom stereocenters. The second-order valence-corrected chi connectivity index (χ2v) is 6.95. The SMILES string of the molecule is CNc1nc(=O)n(C(NC(=O)c2cccc(C)c2)C(=O)c2ccc(C)c(F)c2)cc1F. The minimum absolute atomic E-state index is 0.0948. The van der Waals surface area contributed by atoms with Crippen LogP contribution < -0.4 is 16.3 Å². The maximum atomic E-state index is 14.3. The molecule has 1 amide bonds. The van der Waals surface area contributed by atoms with Crippen molar-refractivity contribution in [1.82, 2.24) is 14.9 Å². The van der Waals surface area contributed by atoms with Gasteiger partial charge in [-0.1, -0.05) is 29.8 Å². The van der Waals surface area contributed by atoms with Crippen molar-refractivity contribution >= 4 is 17.5 Å². The smallest absolute Gasteiger partial charge is 0.351 e. The van der Waals surface area contributed by atoms with Crippen LogP contribution in [0.2, 0.25) is 0 Å². The predicted molar refractivity (Wildman–Crippen MR) is 111 cm³/mol. The van der Waals surface area contributed by atoms with Gasteiger partial charge in [0.15, 0.2) is 17.8 Å². The summed E-state index contributed by atoms with van der Waals surface area (Å²) in [5.74, 6) is -3.31. The third kappa shape index (κ3) is 4.66. The van der Waals surface area contributed by atoms with E-state index in [9.17, 15) is 23.2 Å². The molecule has 1 atom stereocenters. The first-order chi connectivity index (χ1) is 14.7. The summed E-state index contributed by atoms with van der Waals surface area (Å²) in [6.07, 6.45) is -0.874. The molecule has 1 heterocycles. The number of amides is 1. The number of rotatable bonds is 6. The van der Waals surface area contributed by atoms with Crippen LogP contribution in [-0.2, 0) is 0 Å². The van der Waals surface area contributed by atoms with Crippen molar-refractivity contribution in [3.05, 3.63) is 93.0 Å². The summed E-state index contributed by atoms with van der Waals surface area (Å²) >= 11 is 0. The molecule has 0 radical (unpaired) electrons. The molecule has 2 N–H and O–H groups in total. The minimum Gasteiger partial charge on any atom is -0.370 e. The first-order valence-electron chi connectivity index (χ1n) is 9.35. The van der Waals surface area contributed by atoms with Crippen LogP contribution in [-0.4, -0.2) is 28.3 Å². The predicted octanol–water partition coefficient (Wildman–Crippen LogP) is 2.99. The van der Waals surface area contributed by atoms with E-state index in [-0.39, 0.29) is 16.9 Å². The van der Waals surface area contributed by atoms with Crippen molar-refractivity contribution in [2.45, 2.75) is 20.0 Å². The molecule has 7 nitrogen and oxygen atoms in total. The Balaban J connectivity index is 2.08. The van der Waals surface area contributed by atoms with Crippen LogP contribution in [0.15, 0.2) is 53.5 Å². The molecule has 0 bridgehead atoms. The van der Waals surface area contributed by atoms with E-state index in [4.69, 9.17) is 0 Å². The largest absolute Gasteiger partial charge is 0.370 e. The summed E-state index contributed by atoms with van der Waals surface area (Å²) in [5.41, 5.74) is 0.296. The van der Waals surface area contributed by atoms with E-state index >= 15 is 0 Å². The van der Waals surface area contributed by atoms with Gasteiger partial charge >= 0.3 is 5.69 Å². The molecular weight excluding hydrogens is 406 g/mol. The number of anilines is 1. The molecule has 0 aliphatic rings. The van der Waals surface area contributed by atoms with Gasteiger partial charge in [-0.3, -0.25) is 14.2 Å². The number of aromatic nitrogens is 2. The van der Waals surface area contributed by atoms with Gasteiger partial charge < -0.3 is 10.6 Å². The number of carbonyl (C=O) groups excluding carboxylic acids is 2. The highest BCUT2D eigenvalue weighted by atomic mass is 19.1. The molecule has 3 aromatic rings. The fourth-order valence-electron chi connectivity index (χ4n) is 2.96. The number of carbonyl (C=O) groups is 2. The van der Waals surface area contributed by atoms with E-state index in [1.807, 2.05) is 0 Å². The average Bonchev–Trinajstić information content (AvgIpc) is 2.74. The van der Waals surface area contributed by atoms with Gasteiger partial charge in [0.2, 0.25) is 5.78 Å². The van der Waals surface area contributed by atoms with Gasteiger partial charge in [0.05, 0.1) is 6.20 Å². The molecule has 0 fully saturated rings. The molecule has 0 aliphatic carbocycles. The van der Waals surface area contributed by atoms with Crippen LogP contribution >= 0.6 is 0 Å². The van der Waals surface area contributed by atoms with Crippen molar-refractivity contribution in [2.75, 3.05) is 12.4 Å². The lowest BCUT2D eigenvalue weighted by molar-refractivity contribution is 0.0811. The van der Waals surface area contributed by atoms with Gasteiger partial charge in [-0.05, 0) is 37.6 Å². The second kappa shape index (κ2) is 8.86. The highest BCUT2D eigenvalue weighted by molar-refractivity contribution is 6.03. The average molecular weight is 426 g/mol. The van der Waals surface area contributed by atoms with E-state index < -0.39 is 35.2 Å². The number of hydrogen-bond acceptors (Lipinski definition) is 5. The molecule has 9 heteroatoms. The lowest BCUT2D eigenvalue weighted by atomic mass is 10.1. The highest BCUT2D eigenvalue weighted by Gasteiger charge is 2.27. The molecule has 0 aliphatic heterocycles. The monoisotopic (exact) mass is 426 g/mol. The zero-order valence-corrected chi connectivity index (χ0v) is 17.1. The molecule has 31 heavy (non-hydrogen) atoms. The number of Topliss-reactive ketones (excluding diaryl/α,β-unsaturated/α-hetero) is 1. The van der Waals surface area contributed by atoms with E-state index in [1.165, 1.54) is 32.2 Å². The van der Waals surface area contributed by atoms with Crippen LogP contribution in [0, 0.1) is 25.5 Å². The minimum atomic E-state index is -1.64. The summed E-state index contributed by atoms with van der Waals surface area (Å²) in [5, 5.41) is 4.87. The number of benzene rings is 2. The highest BCUT2D eigenvalue weighted by Crippen LogP contribution is 2.17. The summed E-state index contributed by atoms with van der Waals surface area (Å²) < 4.78 is 29.0. The zero-order chi connectivity index (χ0) is 22.7. The Morgan fingerprint density at radius 2 is 1.77 bits per heavy atom. The van der Waals surface area contributed by atoms with E-state index in [0.29, 0.717) is 10.1 Å². The maximum absolute atomic E-state index is 14.3. The van der Waals surface area contributed by atoms with Crippen molar-refractivity contribution in [1.29, 1.82) is 0 Å². The Bertz CT molecular complexity index is 1220. The summed E-state index contributed by atoms with van der Waals surface area (Å²) in [7, 11) is 1.38. The molecule has 160 valence electrons. The molecule has 0 saturated heterocycles. The number of hydrogen-bond donors (Lipinski definition) is 2. The zero-order valence-electron chi connectivity index (χ0n) is 17.1. The molecule has 3 rings (SSSR count). The Morgan fingerprint density at radius 3 is 2.42 bits per heavy atom. The third-order valence-corrected chi connectivity index (χ3v) is 4.67. The van der Waals surface area contributed by atoms with E-state index in [2.05, 4.69) is 15.6 Å². The normalized spacial score (nSPS) is 11.6. The third-order valence-electron chi connectivity index (χ3n) is 4.67. The van der Waals surface area contributed by atoms with Crippen LogP contribution in [0.4, 0.5) is 14.6 Å². The fourth-order valence-corrected chi connectivity index (χ4v) is 2.96. The van der Waals surface area contributed by atoms with Crippen molar-refractivity contribution in [2.24, 2.45) is 0 Å². The summed E-state index contributed by atoms with van der Waals surface area (Å²) in [6.45, 7) is 3.32. The van der Waals surface area contributed by atoms with Gasteiger partial charge in [0.25, 0.3) is 5.91 Å². The van der Waals surface area contributed by atoms with E-state index in [0.717, 1.165) is 17.8 Å². The van der Waals surface area contributed by atoms with Gasteiger partial charge in [0.1, 0.15) is 5.82 Å². The Kier molecular flexibility index (Phi) is 6.24. The number of halogens is 2. The summed E-state index contributed by atoms with van der Waals surface area (Å²) in [6, 6.07) is 10.3. The standard InChI is InChI=1S/C22H20F2N4O3/c1-12-5-4-6-15(9-12)21(30)27-20(18(29)14-8-7-13(2)16(23)10-14)28-11-17(24)19(25-3)26-22(28)31/h4-11,20H,1-3H3,(H,27,30)(H,25,26,31). The number of ketones is 1. The van der Waals surface area contributed by atoms with Crippen molar-refractivity contribution < 1.29 is 18.4 Å². The number of nitrogens with one attached hydrogen (secondary N) is 2. The van der Waals surface area contributed by atoms with Gasteiger partial charge in [0, 0.05) is 18.2 Å². The Morgan fingerprint density at radius 1 is 1.03 bits per heavy atom. The molecule has 1 aromatic heterocycles. The Labute approximate surface area is 176 Å². The van der Waals surface area contributed by atoms with Crippen molar-refractivity contribution in [3.63, 3.8) is 0 Å². The number of aryl methyl sites for hydroxylation is 2. The van der Waals surface area contributed by atoms with Gasteiger partial charge in [-0.2, -0.15) is 4.98 Å². The van der Waals surface area contributed by atoms with Crippen LogP contribution in [0.1, 0.15) is 38.0 Å². The molecular formula is C22H20F2N4O3. The van der Waals surface area contributed by atoms with Crippen LogP contribution in [0.5, 0.6) is 0 Å².